The molecule has 0 unspecified atom stereocenters. The number of hydrogen-bond donors (Lipinski definition) is 3. The molecule has 7 nitrogen and oxygen atoms in total. The number of nitrogens with one attached hydrogen (secondary N) is 3. The van der Waals surface area contributed by atoms with Crippen molar-refractivity contribution in [3.05, 3.63) is 29.8 Å². The van der Waals surface area contributed by atoms with Gasteiger partial charge in [-0.2, -0.15) is 0 Å². The molecule has 2 atom stereocenters. The lowest BCUT2D eigenvalue weighted by molar-refractivity contribution is -0.117. The fraction of sp³-hybridized carbons (Fsp3) is 0.600. The van der Waals surface area contributed by atoms with Gasteiger partial charge in [-0.3, -0.25) is 0 Å². The molecule has 2 aliphatic rings. The Hall–Kier alpha value is -2.28. The maximum atomic E-state index is 12.6. The van der Waals surface area contributed by atoms with Crippen LogP contribution in [0.5, 0.6) is 0 Å². The highest BCUT2D eigenvalue weighted by Gasteiger charge is 2.34. The number of amides is 4. The van der Waals surface area contributed by atoms with Crippen LogP contribution in [0.4, 0.5) is 15.3 Å². The monoisotopic (exact) mass is 374 g/mol. The fourth-order valence-electron chi connectivity index (χ4n) is 3.40. The molecule has 1 aliphatic carbocycles. The molecule has 3 N–H and O–H groups in total. The van der Waals surface area contributed by atoms with Crippen LogP contribution in [-0.2, 0) is 4.74 Å². The molecule has 0 bridgehead atoms. The molecule has 1 saturated carbocycles. The van der Waals surface area contributed by atoms with Crippen LogP contribution in [0.3, 0.4) is 0 Å². The zero-order valence-corrected chi connectivity index (χ0v) is 16.5. The number of anilines is 1. The van der Waals surface area contributed by atoms with Crippen molar-refractivity contribution in [1.29, 1.82) is 0 Å². The van der Waals surface area contributed by atoms with Crippen LogP contribution in [0.2, 0.25) is 0 Å². The van der Waals surface area contributed by atoms with Crippen molar-refractivity contribution < 1.29 is 14.3 Å². The summed E-state index contributed by atoms with van der Waals surface area (Å²) in [6.07, 6.45) is 2.13. The summed E-state index contributed by atoms with van der Waals surface area (Å²) in [6, 6.07) is 7.48. The lowest BCUT2D eigenvalue weighted by atomic mass is 10.1. The Morgan fingerprint density at radius 3 is 2.48 bits per heavy atom. The van der Waals surface area contributed by atoms with E-state index >= 15 is 0 Å². The van der Waals surface area contributed by atoms with E-state index in [2.05, 4.69) is 16.0 Å². The van der Waals surface area contributed by atoms with Gasteiger partial charge in [-0.15, -0.1) is 0 Å². The Morgan fingerprint density at radius 2 is 1.89 bits per heavy atom. The molecule has 3 rings (SSSR count). The minimum atomic E-state index is -0.341. The average molecular weight is 374 g/mol. The van der Waals surface area contributed by atoms with Crippen molar-refractivity contribution in [2.75, 3.05) is 18.4 Å². The first-order chi connectivity index (χ1) is 12.7. The van der Waals surface area contributed by atoms with Gasteiger partial charge in [0.25, 0.3) is 0 Å². The first-order valence-corrected chi connectivity index (χ1v) is 9.62. The van der Waals surface area contributed by atoms with Crippen molar-refractivity contribution >= 4 is 17.7 Å². The number of rotatable bonds is 4. The zero-order valence-electron chi connectivity index (χ0n) is 16.5. The SMILES string of the molecule is C[C@@H]1CN(C(=O)N[C@H](C)c2ccc(NC(=O)NC3CC3)cc2)CC(C)(C)O1. The molecule has 1 aromatic carbocycles. The number of nitrogens with zero attached hydrogens (tertiary/aromatic N) is 1. The lowest BCUT2D eigenvalue weighted by Crippen LogP contribution is -2.56. The van der Waals surface area contributed by atoms with Gasteiger partial charge in [0, 0.05) is 18.3 Å². The predicted molar refractivity (Wildman–Crippen MR) is 105 cm³/mol. The maximum absolute atomic E-state index is 12.6. The fourth-order valence-corrected chi connectivity index (χ4v) is 3.40. The number of ether oxygens (including phenoxy) is 1. The summed E-state index contributed by atoms with van der Waals surface area (Å²) in [6.45, 7) is 9.08. The predicted octanol–water partition coefficient (Wildman–Crippen LogP) is 3.24. The average Bonchev–Trinajstić information content (AvgIpc) is 3.37. The smallest absolute Gasteiger partial charge is 0.319 e. The zero-order chi connectivity index (χ0) is 19.6. The molecule has 2 fully saturated rings. The van der Waals surface area contributed by atoms with E-state index < -0.39 is 0 Å². The number of carbonyl (C=O) groups excluding carboxylic acids is 2. The van der Waals surface area contributed by atoms with Crippen molar-refractivity contribution in [2.45, 2.75) is 64.3 Å². The van der Waals surface area contributed by atoms with Gasteiger partial charge >= 0.3 is 12.1 Å². The Labute approximate surface area is 160 Å². The lowest BCUT2D eigenvalue weighted by Gasteiger charge is -2.41. The topological polar surface area (TPSA) is 82.7 Å². The quantitative estimate of drug-likeness (QED) is 0.757. The van der Waals surface area contributed by atoms with E-state index in [0.717, 1.165) is 24.1 Å². The molecule has 1 aromatic rings. The standard InChI is InChI=1S/C20H30N4O3/c1-13-11-24(12-20(3,4)27-13)19(26)21-14(2)15-5-7-16(8-6-15)22-18(25)23-17-9-10-17/h5-8,13-14,17H,9-12H2,1-4H3,(H,21,26)(H2,22,23,25)/t13-,14-/m1/s1. The van der Waals surface area contributed by atoms with Crippen LogP contribution in [0, 0.1) is 0 Å². The molecule has 4 amide bonds. The first kappa shape index (κ1) is 19.5. The molecule has 0 aromatic heterocycles. The Balaban J connectivity index is 1.53. The minimum absolute atomic E-state index is 0.0157. The highest BCUT2D eigenvalue weighted by atomic mass is 16.5. The third kappa shape index (κ3) is 5.60. The van der Waals surface area contributed by atoms with Gasteiger partial charge in [0.15, 0.2) is 0 Å². The molecule has 148 valence electrons. The molecule has 0 spiro atoms. The van der Waals surface area contributed by atoms with Crippen LogP contribution in [0.25, 0.3) is 0 Å². The summed E-state index contributed by atoms with van der Waals surface area (Å²) in [4.78, 5) is 26.2. The van der Waals surface area contributed by atoms with Gasteiger partial charge in [0.05, 0.1) is 24.3 Å². The Bertz CT molecular complexity index is 685. The van der Waals surface area contributed by atoms with Crippen molar-refractivity contribution in [2.24, 2.45) is 0 Å². The molecule has 27 heavy (non-hydrogen) atoms. The van der Waals surface area contributed by atoms with Crippen LogP contribution >= 0.6 is 0 Å². The van der Waals surface area contributed by atoms with E-state index in [9.17, 15) is 9.59 Å². The Kier molecular flexibility index (Phi) is 5.60. The number of morpholine rings is 1. The summed E-state index contributed by atoms with van der Waals surface area (Å²) in [5.74, 6) is 0. The van der Waals surface area contributed by atoms with Crippen molar-refractivity contribution in [1.82, 2.24) is 15.5 Å². The Morgan fingerprint density at radius 1 is 1.22 bits per heavy atom. The van der Waals surface area contributed by atoms with E-state index in [0.29, 0.717) is 19.1 Å². The van der Waals surface area contributed by atoms with E-state index in [4.69, 9.17) is 4.74 Å². The number of benzene rings is 1. The summed E-state index contributed by atoms with van der Waals surface area (Å²) in [7, 11) is 0. The van der Waals surface area contributed by atoms with Gasteiger partial charge < -0.3 is 25.6 Å². The third-order valence-electron chi connectivity index (χ3n) is 4.78. The van der Waals surface area contributed by atoms with E-state index in [1.807, 2.05) is 56.9 Å². The van der Waals surface area contributed by atoms with Crippen LogP contribution in [-0.4, -0.2) is 47.8 Å². The van der Waals surface area contributed by atoms with Crippen LogP contribution in [0.1, 0.15) is 52.1 Å². The normalized spacial score (nSPS) is 22.7. The first-order valence-electron chi connectivity index (χ1n) is 9.62. The summed E-state index contributed by atoms with van der Waals surface area (Å²) >= 11 is 0. The van der Waals surface area contributed by atoms with Crippen molar-refractivity contribution in [3.8, 4) is 0 Å². The molecular weight excluding hydrogens is 344 g/mol. The molecule has 1 heterocycles. The molecule has 1 saturated heterocycles. The van der Waals surface area contributed by atoms with Crippen LogP contribution < -0.4 is 16.0 Å². The van der Waals surface area contributed by atoms with Crippen molar-refractivity contribution in [3.63, 3.8) is 0 Å². The molecular formula is C20H30N4O3. The largest absolute Gasteiger partial charge is 0.369 e. The van der Waals surface area contributed by atoms with Gasteiger partial charge in [-0.1, -0.05) is 12.1 Å². The van der Waals surface area contributed by atoms with E-state index in [1.165, 1.54) is 0 Å². The van der Waals surface area contributed by atoms with E-state index in [-0.39, 0.29) is 29.8 Å². The maximum Gasteiger partial charge on any atom is 0.319 e. The second-order valence-corrected chi connectivity index (χ2v) is 8.23. The number of hydrogen-bond acceptors (Lipinski definition) is 3. The molecule has 0 radical (unpaired) electrons. The highest BCUT2D eigenvalue weighted by Crippen LogP contribution is 2.22. The minimum Gasteiger partial charge on any atom is -0.369 e. The van der Waals surface area contributed by atoms with Gasteiger partial charge in [0.2, 0.25) is 0 Å². The van der Waals surface area contributed by atoms with E-state index in [1.54, 1.807) is 0 Å². The second-order valence-electron chi connectivity index (χ2n) is 8.23. The second kappa shape index (κ2) is 7.76. The third-order valence-corrected chi connectivity index (χ3v) is 4.78. The number of urea groups is 2. The number of carbonyl (C=O) groups is 2. The highest BCUT2D eigenvalue weighted by molar-refractivity contribution is 5.89. The van der Waals surface area contributed by atoms with Crippen LogP contribution in [0.15, 0.2) is 24.3 Å². The summed E-state index contributed by atoms with van der Waals surface area (Å²) in [5.41, 5.74) is 1.38. The van der Waals surface area contributed by atoms with Gasteiger partial charge in [0.1, 0.15) is 0 Å². The molecule has 1 aliphatic heterocycles. The van der Waals surface area contributed by atoms with Gasteiger partial charge in [-0.25, -0.2) is 9.59 Å². The van der Waals surface area contributed by atoms with Gasteiger partial charge in [-0.05, 0) is 58.2 Å². The molecule has 7 heteroatoms. The summed E-state index contributed by atoms with van der Waals surface area (Å²) in [5, 5.41) is 8.77. The summed E-state index contributed by atoms with van der Waals surface area (Å²) < 4.78 is 5.86.